The van der Waals surface area contributed by atoms with Crippen molar-refractivity contribution in [1.29, 1.82) is 0 Å². The zero-order chi connectivity index (χ0) is 27.7. The fourth-order valence-corrected chi connectivity index (χ4v) is 5.13. The average molecular weight is 561 g/mol. The van der Waals surface area contributed by atoms with E-state index in [2.05, 4.69) is 4.98 Å². The molecule has 2 heterocycles. The Morgan fingerprint density at radius 1 is 0.949 bits per heavy atom. The van der Waals surface area contributed by atoms with Crippen molar-refractivity contribution >= 4 is 46.3 Å². The Hall–Kier alpha value is -4.33. The Morgan fingerprint density at radius 3 is 2.28 bits per heavy atom. The van der Waals surface area contributed by atoms with Crippen LogP contribution in [-0.4, -0.2) is 28.9 Å². The first-order valence-corrected chi connectivity index (χ1v) is 12.6. The van der Waals surface area contributed by atoms with E-state index >= 15 is 0 Å². The minimum Gasteiger partial charge on any atom is -0.507 e. The van der Waals surface area contributed by atoms with Crippen LogP contribution in [-0.2, 0) is 9.59 Å². The lowest BCUT2D eigenvalue weighted by Gasteiger charge is -2.25. The highest BCUT2D eigenvalue weighted by atomic mass is 35.5. The monoisotopic (exact) mass is 560 g/mol. The molecule has 1 N–H and O–H groups in total. The molecule has 1 atom stereocenters. The molecule has 1 aliphatic rings. The lowest BCUT2D eigenvalue weighted by Crippen LogP contribution is -2.29. The molecule has 5 rings (SSSR count). The predicted molar refractivity (Wildman–Crippen MR) is 150 cm³/mol. The molecule has 0 spiro atoms. The number of pyridine rings is 1. The van der Waals surface area contributed by atoms with Gasteiger partial charge in [0.1, 0.15) is 17.3 Å². The Morgan fingerprint density at radius 2 is 1.67 bits per heavy atom. The van der Waals surface area contributed by atoms with E-state index in [1.165, 1.54) is 24.1 Å². The summed E-state index contributed by atoms with van der Waals surface area (Å²) in [5.41, 5.74) is 2.07. The summed E-state index contributed by atoms with van der Waals surface area (Å²) in [6, 6.07) is 19.7. The molecule has 1 unspecified atom stereocenters. The molecule has 0 aliphatic carbocycles. The fourth-order valence-electron chi connectivity index (χ4n) is 4.49. The first-order chi connectivity index (χ1) is 18.8. The lowest BCUT2D eigenvalue weighted by atomic mass is 9.96. The van der Waals surface area contributed by atoms with E-state index in [0.29, 0.717) is 22.7 Å². The number of hydrogen-bond acceptors (Lipinski definition) is 6. The number of rotatable bonds is 6. The highest BCUT2D eigenvalue weighted by Crippen LogP contribution is 2.44. The number of Topliss-reactive ketones (excluding diaryl/α,β-unsaturated/α-hetero) is 1. The van der Waals surface area contributed by atoms with Crippen molar-refractivity contribution < 1.29 is 24.2 Å². The second-order valence-electron chi connectivity index (χ2n) is 8.84. The third kappa shape index (κ3) is 5.06. The van der Waals surface area contributed by atoms with Crippen LogP contribution >= 0.6 is 23.2 Å². The maximum Gasteiger partial charge on any atom is 0.300 e. The van der Waals surface area contributed by atoms with Gasteiger partial charge >= 0.3 is 0 Å². The van der Waals surface area contributed by atoms with Crippen LogP contribution in [0.4, 0.5) is 5.69 Å². The molecule has 0 radical (unpaired) electrons. The van der Waals surface area contributed by atoms with Gasteiger partial charge in [0.2, 0.25) is 0 Å². The van der Waals surface area contributed by atoms with Gasteiger partial charge in [-0.1, -0.05) is 41.4 Å². The van der Waals surface area contributed by atoms with Crippen LogP contribution in [0.1, 0.15) is 22.7 Å². The van der Waals surface area contributed by atoms with Gasteiger partial charge in [0, 0.05) is 23.6 Å². The number of benzene rings is 3. The molecular weight excluding hydrogens is 539 g/mol. The zero-order valence-corrected chi connectivity index (χ0v) is 22.4. The van der Waals surface area contributed by atoms with E-state index in [1.807, 2.05) is 31.2 Å². The number of halogens is 2. The zero-order valence-electron chi connectivity index (χ0n) is 20.9. The summed E-state index contributed by atoms with van der Waals surface area (Å²) in [6.45, 7) is 1.97. The van der Waals surface area contributed by atoms with E-state index in [0.717, 1.165) is 5.56 Å². The molecule has 39 heavy (non-hydrogen) atoms. The van der Waals surface area contributed by atoms with Crippen LogP contribution < -0.4 is 14.4 Å². The summed E-state index contributed by atoms with van der Waals surface area (Å²) in [5.74, 6) is -0.618. The molecule has 9 heteroatoms. The quantitative estimate of drug-likeness (QED) is 0.153. The molecule has 1 amide bonds. The van der Waals surface area contributed by atoms with Gasteiger partial charge in [0.25, 0.3) is 11.7 Å². The number of amides is 1. The number of hydrogen-bond donors (Lipinski definition) is 1. The van der Waals surface area contributed by atoms with Gasteiger partial charge in [-0.15, -0.1) is 0 Å². The predicted octanol–water partition coefficient (Wildman–Crippen LogP) is 7.12. The maximum atomic E-state index is 13.4. The molecule has 3 aromatic carbocycles. The number of methoxy groups -OCH3 is 1. The van der Waals surface area contributed by atoms with Gasteiger partial charge in [-0.2, -0.15) is 0 Å². The second kappa shape index (κ2) is 10.8. The third-order valence-electron chi connectivity index (χ3n) is 6.26. The molecule has 1 aliphatic heterocycles. The van der Waals surface area contributed by atoms with Gasteiger partial charge < -0.3 is 14.6 Å². The number of nitrogens with zero attached hydrogens (tertiary/aromatic N) is 2. The molecule has 0 saturated carbocycles. The summed E-state index contributed by atoms with van der Waals surface area (Å²) in [5, 5.41) is 11.6. The largest absolute Gasteiger partial charge is 0.507 e. The smallest absolute Gasteiger partial charge is 0.300 e. The van der Waals surface area contributed by atoms with Crippen LogP contribution in [0.2, 0.25) is 10.0 Å². The van der Waals surface area contributed by atoms with E-state index < -0.39 is 23.5 Å². The summed E-state index contributed by atoms with van der Waals surface area (Å²) < 4.78 is 11.1. The van der Waals surface area contributed by atoms with Crippen molar-refractivity contribution in [2.45, 2.75) is 13.0 Å². The van der Waals surface area contributed by atoms with Crippen LogP contribution in [0.3, 0.4) is 0 Å². The van der Waals surface area contributed by atoms with Gasteiger partial charge in [0.05, 0.1) is 28.8 Å². The Balaban J connectivity index is 1.58. The number of ether oxygens (including phenoxy) is 2. The number of carbonyl (C=O) groups excluding carboxylic acids is 2. The van der Waals surface area contributed by atoms with Crippen LogP contribution in [0.25, 0.3) is 5.76 Å². The van der Waals surface area contributed by atoms with Crippen LogP contribution in [0.5, 0.6) is 17.2 Å². The molecule has 0 bridgehead atoms. The minimum atomic E-state index is -0.957. The number of aromatic nitrogens is 1. The van der Waals surface area contributed by atoms with Crippen molar-refractivity contribution in [3.63, 3.8) is 0 Å². The molecule has 7 nitrogen and oxygen atoms in total. The normalized spacial score (nSPS) is 16.4. The summed E-state index contributed by atoms with van der Waals surface area (Å²) in [6.07, 6.45) is 3.12. The van der Waals surface area contributed by atoms with Crippen LogP contribution in [0, 0.1) is 6.92 Å². The van der Waals surface area contributed by atoms with Gasteiger partial charge in [-0.05, 0) is 72.6 Å². The first kappa shape index (κ1) is 26.3. The number of carbonyl (C=O) groups is 2. The van der Waals surface area contributed by atoms with Gasteiger partial charge in [-0.3, -0.25) is 19.5 Å². The number of aliphatic hydroxyl groups excluding tert-OH is 1. The van der Waals surface area contributed by atoms with E-state index in [1.54, 1.807) is 48.8 Å². The lowest BCUT2D eigenvalue weighted by molar-refractivity contribution is -0.132. The van der Waals surface area contributed by atoms with Crippen molar-refractivity contribution in [3.05, 3.63) is 117 Å². The fraction of sp³-hybridized carbons (Fsp3) is 0.100. The number of ketones is 1. The molecule has 1 fully saturated rings. The second-order valence-corrected chi connectivity index (χ2v) is 9.66. The first-order valence-electron chi connectivity index (χ1n) is 11.9. The highest BCUT2D eigenvalue weighted by molar-refractivity contribution is 6.51. The maximum absolute atomic E-state index is 13.4. The average Bonchev–Trinajstić information content (AvgIpc) is 3.19. The molecule has 196 valence electrons. The van der Waals surface area contributed by atoms with E-state index in [9.17, 15) is 14.7 Å². The van der Waals surface area contributed by atoms with Gasteiger partial charge in [0.15, 0.2) is 5.75 Å². The Kier molecular flexibility index (Phi) is 7.28. The number of aryl methyl sites for hydroxylation is 1. The number of aliphatic hydroxyl groups is 1. The van der Waals surface area contributed by atoms with Crippen molar-refractivity contribution in [1.82, 2.24) is 4.98 Å². The van der Waals surface area contributed by atoms with E-state index in [-0.39, 0.29) is 26.9 Å². The van der Waals surface area contributed by atoms with Crippen molar-refractivity contribution in [2.75, 3.05) is 12.0 Å². The molecule has 4 aromatic rings. The molecule has 1 saturated heterocycles. The molecule has 1 aromatic heterocycles. The topological polar surface area (TPSA) is 89.0 Å². The summed E-state index contributed by atoms with van der Waals surface area (Å²) >= 11 is 12.6. The number of anilines is 1. The molecular formula is C30H22Cl2N2O5. The van der Waals surface area contributed by atoms with Crippen LogP contribution in [0.15, 0.2) is 90.8 Å². The SMILES string of the molecule is COc1c(Cl)cc(/C(O)=C2\C(=O)C(=O)N(c3ccc(Oc4cccc(C)c4)cc3)C2c2cccnc2)cc1Cl. The highest BCUT2D eigenvalue weighted by Gasteiger charge is 2.47. The van der Waals surface area contributed by atoms with Gasteiger partial charge in [-0.25, -0.2) is 0 Å². The minimum absolute atomic E-state index is 0.120. The summed E-state index contributed by atoms with van der Waals surface area (Å²) in [4.78, 5) is 32.3. The Bertz CT molecular complexity index is 1580. The van der Waals surface area contributed by atoms with Crippen molar-refractivity contribution in [3.8, 4) is 17.2 Å². The van der Waals surface area contributed by atoms with Crippen molar-refractivity contribution in [2.24, 2.45) is 0 Å². The summed E-state index contributed by atoms with van der Waals surface area (Å²) in [7, 11) is 1.41. The van der Waals surface area contributed by atoms with E-state index in [4.69, 9.17) is 32.7 Å². The standard InChI is InChI=1S/C30H22Cl2N2O5/c1-17-5-3-7-22(13-17)39-21-10-8-20(9-11-21)34-26(18-6-4-12-33-16-18)25(28(36)30(34)37)27(35)19-14-23(31)29(38-2)24(32)15-19/h3-16,26,35H,1-2H3/b27-25+. The Labute approximate surface area is 234 Å². The third-order valence-corrected chi connectivity index (χ3v) is 6.82.